The monoisotopic (exact) mass is 293 g/mol. The fraction of sp³-hybridized carbons (Fsp3) is 0.941. The number of likely N-dealkylation sites (tertiary alicyclic amines) is 1. The van der Waals surface area contributed by atoms with Gasteiger partial charge in [-0.1, -0.05) is 19.8 Å². The van der Waals surface area contributed by atoms with E-state index in [1.54, 1.807) is 0 Å². The molecule has 0 aromatic rings. The minimum Gasteiger partial charge on any atom is -0.381 e. The molecule has 0 bridgehead atoms. The summed E-state index contributed by atoms with van der Waals surface area (Å²) < 4.78 is 5.62. The molecule has 3 aliphatic rings. The van der Waals surface area contributed by atoms with Crippen LogP contribution < -0.4 is 5.32 Å². The Kier molecular flexibility index (Phi) is 4.72. The summed E-state index contributed by atoms with van der Waals surface area (Å²) in [6.07, 6.45) is 8.03. The number of ether oxygens (including phenoxy) is 1. The molecule has 0 amide bonds. The zero-order valence-electron chi connectivity index (χ0n) is 13.7. The lowest BCUT2D eigenvalue weighted by Gasteiger charge is -2.29. The number of nitrogens with one attached hydrogen (secondary N) is 1. The standard InChI is InChI=1S/C17H31N3O/c1-14-3-5-15(6-4-14)11-19-16(18-2)20-9-7-17(12-20)8-10-21-13-17/h14-15H,3-13H2,1-2H3,(H,18,19). The third-order valence-corrected chi connectivity index (χ3v) is 5.82. The first-order valence-electron chi connectivity index (χ1n) is 8.74. The maximum Gasteiger partial charge on any atom is 0.193 e. The minimum absolute atomic E-state index is 0.415. The fourth-order valence-electron chi connectivity index (χ4n) is 4.19. The van der Waals surface area contributed by atoms with Gasteiger partial charge in [0.25, 0.3) is 0 Å². The van der Waals surface area contributed by atoms with E-state index in [1.165, 1.54) is 38.5 Å². The fourth-order valence-corrected chi connectivity index (χ4v) is 4.19. The van der Waals surface area contributed by atoms with Crippen LogP contribution in [0.25, 0.3) is 0 Å². The Labute approximate surface area is 129 Å². The number of guanidine groups is 1. The second kappa shape index (κ2) is 6.55. The number of hydrogen-bond acceptors (Lipinski definition) is 2. The first kappa shape index (κ1) is 15.1. The number of rotatable bonds is 2. The van der Waals surface area contributed by atoms with Crippen LogP contribution in [0.5, 0.6) is 0 Å². The van der Waals surface area contributed by atoms with Gasteiger partial charge in [0, 0.05) is 38.7 Å². The SMILES string of the molecule is CN=C(NCC1CCC(C)CC1)N1CCC2(CCOC2)C1. The smallest absolute Gasteiger partial charge is 0.193 e. The molecule has 1 saturated carbocycles. The zero-order valence-corrected chi connectivity index (χ0v) is 13.7. The molecule has 1 spiro atoms. The highest BCUT2D eigenvalue weighted by Crippen LogP contribution is 2.38. The van der Waals surface area contributed by atoms with Crippen molar-refractivity contribution in [1.82, 2.24) is 10.2 Å². The second-order valence-corrected chi connectivity index (χ2v) is 7.53. The van der Waals surface area contributed by atoms with Gasteiger partial charge < -0.3 is 15.0 Å². The Hall–Kier alpha value is -0.770. The average molecular weight is 293 g/mol. The summed E-state index contributed by atoms with van der Waals surface area (Å²) in [6, 6.07) is 0. The largest absolute Gasteiger partial charge is 0.381 e. The number of hydrogen-bond donors (Lipinski definition) is 1. The molecule has 3 fully saturated rings. The molecule has 1 aliphatic carbocycles. The van der Waals surface area contributed by atoms with Crippen molar-refractivity contribution in [2.45, 2.75) is 45.4 Å². The van der Waals surface area contributed by atoms with Crippen LogP contribution in [0.15, 0.2) is 4.99 Å². The molecule has 2 heterocycles. The van der Waals surface area contributed by atoms with Crippen molar-refractivity contribution in [2.24, 2.45) is 22.2 Å². The lowest BCUT2D eigenvalue weighted by molar-refractivity contribution is 0.156. The van der Waals surface area contributed by atoms with Crippen molar-refractivity contribution >= 4 is 5.96 Å². The molecule has 0 aromatic heterocycles. The van der Waals surface area contributed by atoms with Gasteiger partial charge in [-0.05, 0) is 37.5 Å². The van der Waals surface area contributed by atoms with E-state index in [1.807, 2.05) is 7.05 Å². The first-order valence-corrected chi connectivity index (χ1v) is 8.74. The lowest BCUT2D eigenvalue weighted by atomic mass is 9.83. The van der Waals surface area contributed by atoms with Crippen molar-refractivity contribution in [3.8, 4) is 0 Å². The predicted octanol–water partition coefficient (Wildman–Crippen LogP) is 2.50. The van der Waals surface area contributed by atoms with E-state index in [2.05, 4.69) is 22.1 Å². The van der Waals surface area contributed by atoms with Gasteiger partial charge in [-0.3, -0.25) is 4.99 Å². The molecule has 0 radical (unpaired) electrons. The highest BCUT2D eigenvalue weighted by atomic mass is 16.5. The molecule has 0 aromatic carbocycles. The van der Waals surface area contributed by atoms with Crippen LogP contribution in [0.2, 0.25) is 0 Å². The highest BCUT2D eigenvalue weighted by Gasteiger charge is 2.42. The van der Waals surface area contributed by atoms with Gasteiger partial charge in [0.2, 0.25) is 0 Å². The van der Waals surface area contributed by atoms with Gasteiger partial charge in [-0.2, -0.15) is 0 Å². The van der Waals surface area contributed by atoms with Gasteiger partial charge in [-0.15, -0.1) is 0 Å². The van der Waals surface area contributed by atoms with Gasteiger partial charge in [0.05, 0.1) is 6.61 Å². The summed E-state index contributed by atoms with van der Waals surface area (Å²) in [7, 11) is 1.92. The Morgan fingerprint density at radius 1 is 1.29 bits per heavy atom. The quantitative estimate of drug-likeness (QED) is 0.628. The number of aliphatic imine (C=N–C) groups is 1. The summed E-state index contributed by atoms with van der Waals surface area (Å²) in [5.74, 6) is 2.88. The third-order valence-electron chi connectivity index (χ3n) is 5.82. The molecular formula is C17H31N3O. The topological polar surface area (TPSA) is 36.9 Å². The summed E-state index contributed by atoms with van der Waals surface area (Å²) >= 11 is 0. The molecule has 1 N–H and O–H groups in total. The van der Waals surface area contributed by atoms with Crippen LogP contribution in [0, 0.1) is 17.3 Å². The molecule has 3 rings (SSSR count). The van der Waals surface area contributed by atoms with Crippen LogP contribution in [-0.2, 0) is 4.74 Å². The summed E-state index contributed by atoms with van der Waals surface area (Å²) in [5.41, 5.74) is 0.415. The summed E-state index contributed by atoms with van der Waals surface area (Å²) in [4.78, 5) is 6.96. The van der Waals surface area contributed by atoms with Crippen molar-refractivity contribution in [3.63, 3.8) is 0 Å². The van der Waals surface area contributed by atoms with Gasteiger partial charge >= 0.3 is 0 Å². The van der Waals surface area contributed by atoms with Crippen LogP contribution in [0.1, 0.15) is 45.4 Å². The van der Waals surface area contributed by atoms with E-state index >= 15 is 0 Å². The van der Waals surface area contributed by atoms with E-state index in [-0.39, 0.29) is 0 Å². The summed E-state index contributed by atoms with van der Waals surface area (Å²) in [5, 5.41) is 3.64. The molecule has 2 saturated heterocycles. The first-order chi connectivity index (χ1) is 10.2. The van der Waals surface area contributed by atoms with Crippen molar-refractivity contribution in [2.75, 3.05) is 39.9 Å². The normalized spacial score (nSPS) is 37.4. The van der Waals surface area contributed by atoms with E-state index in [9.17, 15) is 0 Å². The predicted molar refractivity (Wildman–Crippen MR) is 86.5 cm³/mol. The lowest BCUT2D eigenvalue weighted by Crippen LogP contribution is -2.43. The van der Waals surface area contributed by atoms with Crippen LogP contribution in [-0.4, -0.2) is 50.8 Å². The molecule has 120 valence electrons. The second-order valence-electron chi connectivity index (χ2n) is 7.53. The minimum atomic E-state index is 0.415. The Balaban J connectivity index is 1.47. The van der Waals surface area contributed by atoms with Crippen LogP contribution in [0.3, 0.4) is 0 Å². The van der Waals surface area contributed by atoms with Crippen LogP contribution >= 0.6 is 0 Å². The van der Waals surface area contributed by atoms with Crippen molar-refractivity contribution < 1.29 is 4.74 Å². The molecule has 21 heavy (non-hydrogen) atoms. The maximum atomic E-state index is 5.62. The average Bonchev–Trinajstić information content (AvgIpc) is 3.13. The van der Waals surface area contributed by atoms with E-state index < -0.39 is 0 Å². The van der Waals surface area contributed by atoms with E-state index in [4.69, 9.17) is 4.74 Å². The van der Waals surface area contributed by atoms with Gasteiger partial charge in [0.1, 0.15) is 0 Å². The molecule has 4 nitrogen and oxygen atoms in total. The van der Waals surface area contributed by atoms with Crippen molar-refractivity contribution in [1.29, 1.82) is 0 Å². The molecule has 1 atom stereocenters. The summed E-state index contributed by atoms with van der Waals surface area (Å²) in [6.45, 7) is 7.62. The van der Waals surface area contributed by atoms with E-state index in [0.717, 1.165) is 50.6 Å². The zero-order chi connectivity index (χ0) is 14.7. The maximum absolute atomic E-state index is 5.62. The van der Waals surface area contributed by atoms with Crippen molar-refractivity contribution in [3.05, 3.63) is 0 Å². The van der Waals surface area contributed by atoms with Gasteiger partial charge in [-0.25, -0.2) is 0 Å². The third kappa shape index (κ3) is 3.53. The molecule has 4 heteroatoms. The highest BCUT2D eigenvalue weighted by molar-refractivity contribution is 5.80. The van der Waals surface area contributed by atoms with Crippen LogP contribution in [0.4, 0.5) is 0 Å². The Morgan fingerprint density at radius 3 is 2.76 bits per heavy atom. The van der Waals surface area contributed by atoms with Gasteiger partial charge in [0.15, 0.2) is 5.96 Å². The Bertz CT molecular complexity index is 368. The molecule has 1 unspecified atom stereocenters. The Morgan fingerprint density at radius 2 is 2.10 bits per heavy atom. The number of nitrogens with zero attached hydrogens (tertiary/aromatic N) is 2. The van der Waals surface area contributed by atoms with E-state index in [0.29, 0.717) is 5.41 Å². The molecule has 2 aliphatic heterocycles. The molecular weight excluding hydrogens is 262 g/mol.